The third-order valence-corrected chi connectivity index (χ3v) is 3.69. The second-order valence-electron chi connectivity index (χ2n) is 5.92. The van der Waals surface area contributed by atoms with Crippen molar-refractivity contribution in [3.63, 3.8) is 0 Å². The summed E-state index contributed by atoms with van der Waals surface area (Å²) in [7, 11) is 0. The van der Waals surface area contributed by atoms with Crippen LogP contribution in [0.4, 0.5) is 5.69 Å². The van der Waals surface area contributed by atoms with E-state index in [0.29, 0.717) is 12.5 Å². The van der Waals surface area contributed by atoms with Crippen LogP contribution in [0.5, 0.6) is 11.5 Å². The molecule has 0 spiro atoms. The van der Waals surface area contributed by atoms with Gasteiger partial charge in [0, 0.05) is 17.3 Å². The molecule has 2 aromatic rings. The van der Waals surface area contributed by atoms with Crippen molar-refractivity contribution >= 4 is 17.3 Å². The van der Waals surface area contributed by atoms with E-state index in [0.717, 1.165) is 40.9 Å². The summed E-state index contributed by atoms with van der Waals surface area (Å²) in [6, 6.07) is 13.7. The third kappa shape index (κ3) is 6.03. The Morgan fingerprint density at radius 2 is 1.70 bits per heavy atom. The average molecular weight is 334 g/mol. The first-order chi connectivity index (χ1) is 11.0. The molecule has 23 heavy (non-hydrogen) atoms. The highest BCUT2D eigenvalue weighted by atomic mass is 35.5. The summed E-state index contributed by atoms with van der Waals surface area (Å²) < 4.78 is 11.4. The van der Waals surface area contributed by atoms with E-state index < -0.39 is 0 Å². The van der Waals surface area contributed by atoms with Crippen molar-refractivity contribution < 1.29 is 9.47 Å². The number of ether oxygens (including phenoxy) is 2. The van der Waals surface area contributed by atoms with Gasteiger partial charge in [0.05, 0.1) is 6.61 Å². The number of hydrogen-bond donors (Lipinski definition) is 1. The molecule has 0 aliphatic carbocycles. The first-order valence-electron chi connectivity index (χ1n) is 7.90. The highest BCUT2D eigenvalue weighted by Gasteiger charge is 2.00. The monoisotopic (exact) mass is 333 g/mol. The van der Waals surface area contributed by atoms with E-state index in [2.05, 4.69) is 19.2 Å². The van der Waals surface area contributed by atoms with Gasteiger partial charge in [0.1, 0.15) is 18.1 Å². The largest absolute Gasteiger partial charge is 0.493 e. The van der Waals surface area contributed by atoms with Crippen LogP contribution in [0.15, 0.2) is 42.5 Å². The number of benzene rings is 2. The molecule has 0 aromatic heterocycles. The van der Waals surface area contributed by atoms with Crippen molar-refractivity contribution in [1.82, 2.24) is 0 Å². The maximum atomic E-state index is 6.00. The average Bonchev–Trinajstić information content (AvgIpc) is 2.54. The van der Waals surface area contributed by atoms with Crippen LogP contribution in [-0.4, -0.2) is 19.8 Å². The predicted molar refractivity (Wildman–Crippen MR) is 96.9 cm³/mol. The molecule has 0 unspecified atom stereocenters. The topological polar surface area (TPSA) is 30.5 Å². The van der Waals surface area contributed by atoms with Gasteiger partial charge in [-0.05, 0) is 60.9 Å². The van der Waals surface area contributed by atoms with Crippen molar-refractivity contribution in [3.8, 4) is 11.5 Å². The maximum Gasteiger partial charge on any atom is 0.119 e. The summed E-state index contributed by atoms with van der Waals surface area (Å²) >= 11 is 6.00. The molecule has 0 aliphatic rings. The fraction of sp³-hybridized carbons (Fsp3) is 0.368. The quantitative estimate of drug-likeness (QED) is 0.676. The van der Waals surface area contributed by atoms with E-state index >= 15 is 0 Å². The van der Waals surface area contributed by atoms with Gasteiger partial charge in [0.2, 0.25) is 0 Å². The molecule has 2 rings (SSSR count). The maximum absolute atomic E-state index is 6.00. The fourth-order valence-corrected chi connectivity index (χ4v) is 2.12. The molecule has 4 heteroatoms. The SMILES string of the molecule is Cc1cc(OCCNc2ccc(OCC(C)C)cc2)ccc1Cl. The van der Waals surface area contributed by atoms with Crippen molar-refractivity contribution in [2.45, 2.75) is 20.8 Å². The summed E-state index contributed by atoms with van der Waals surface area (Å²) in [6.45, 7) is 8.30. The van der Waals surface area contributed by atoms with Crippen LogP contribution in [0.2, 0.25) is 5.02 Å². The van der Waals surface area contributed by atoms with Gasteiger partial charge in [-0.3, -0.25) is 0 Å². The van der Waals surface area contributed by atoms with E-state index in [9.17, 15) is 0 Å². The van der Waals surface area contributed by atoms with E-state index in [1.54, 1.807) is 0 Å². The molecule has 1 N–H and O–H groups in total. The zero-order chi connectivity index (χ0) is 16.7. The smallest absolute Gasteiger partial charge is 0.119 e. The number of halogens is 1. The molecule has 3 nitrogen and oxygen atoms in total. The van der Waals surface area contributed by atoms with Gasteiger partial charge < -0.3 is 14.8 Å². The number of hydrogen-bond acceptors (Lipinski definition) is 3. The van der Waals surface area contributed by atoms with E-state index in [4.69, 9.17) is 21.1 Å². The second-order valence-corrected chi connectivity index (χ2v) is 6.32. The highest BCUT2D eigenvalue weighted by Crippen LogP contribution is 2.21. The summed E-state index contributed by atoms with van der Waals surface area (Å²) in [4.78, 5) is 0. The molecular formula is C19H24ClNO2. The molecule has 0 fully saturated rings. The van der Waals surface area contributed by atoms with E-state index in [-0.39, 0.29) is 0 Å². The summed E-state index contributed by atoms with van der Waals surface area (Å²) in [5, 5.41) is 4.09. The molecule has 0 radical (unpaired) electrons. The molecule has 0 aliphatic heterocycles. The first kappa shape index (κ1) is 17.5. The molecule has 2 aromatic carbocycles. The van der Waals surface area contributed by atoms with Gasteiger partial charge in [0.15, 0.2) is 0 Å². The van der Waals surface area contributed by atoms with Crippen LogP contribution >= 0.6 is 11.6 Å². The molecule has 0 atom stereocenters. The van der Waals surface area contributed by atoms with Crippen LogP contribution in [-0.2, 0) is 0 Å². The molecule has 0 heterocycles. The third-order valence-electron chi connectivity index (χ3n) is 3.27. The lowest BCUT2D eigenvalue weighted by Crippen LogP contribution is -2.11. The van der Waals surface area contributed by atoms with Crippen molar-refractivity contribution in [1.29, 1.82) is 0 Å². The first-order valence-corrected chi connectivity index (χ1v) is 8.28. The molecule has 0 bridgehead atoms. The summed E-state index contributed by atoms with van der Waals surface area (Å²) in [5.74, 6) is 2.27. The molecule has 124 valence electrons. The molecule has 0 saturated carbocycles. The Morgan fingerprint density at radius 3 is 2.35 bits per heavy atom. The van der Waals surface area contributed by atoms with Crippen molar-refractivity contribution in [2.24, 2.45) is 5.92 Å². The Balaban J connectivity index is 1.72. The zero-order valence-electron chi connectivity index (χ0n) is 13.9. The van der Waals surface area contributed by atoms with Crippen LogP contribution in [0.3, 0.4) is 0 Å². The molecular weight excluding hydrogens is 310 g/mol. The fourth-order valence-electron chi connectivity index (χ4n) is 2.00. The molecule has 0 amide bonds. The molecule has 0 saturated heterocycles. The van der Waals surface area contributed by atoms with E-state index in [1.165, 1.54) is 0 Å². The standard InChI is InChI=1S/C19H24ClNO2/c1-14(2)13-23-17-6-4-16(5-7-17)21-10-11-22-18-8-9-19(20)15(3)12-18/h4-9,12,14,21H,10-11,13H2,1-3H3. The Bertz CT molecular complexity index is 611. The minimum absolute atomic E-state index is 0.529. The number of aryl methyl sites for hydroxylation is 1. The summed E-state index contributed by atoms with van der Waals surface area (Å²) in [6.07, 6.45) is 0. The second kappa shape index (κ2) is 8.68. The predicted octanol–water partition coefficient (Wildman–Crippen LogP) is 5.17. The van der Waals surface area contributed by atoms with Gasteiger partial charge in [-0.25, -0.2) is 0 Å². The van der Waals surface area contributed by atoms with E-state index in [1.807, 2.05) is 49.4 Å². The lowest BCUT2D eigenvalue weighted by molar-refractivity contribution is 0.271. The minimum Gasteiger partial charge on any atom is -0.493 e. The van der Waals surface area contributed by atoms with Crippen LogP contribution in [0.25, 0.3) is 0 Å². The van der Waals surface area contributed by atoms with Gasteiger partial charge in [0.25, 0.3) is 0 Å². The minimum atomic E-state index is 0.529. The van der Waals surface area contributed by atoms with Gasteiger partial charge in [-0.1, -0.05) is 25.4 Å². The number of rotatable bonds is 8. The van der Waals surface area contributed by atoms with Crippen LogP contribution in [0.1, 0.15) is 19.4 Å². The van der Waals surface area contributed by atoms with Crippen LogP contribution < -0.4 is 14.8 Å². The number of nitrogens with one attached hydrogen (secondary N) is 1. The van der Waals surface area contributed by atoms with Gasteiger partial charge >= 0.3 is 0 Å². The zero-order valence-corrected chi connectivity index (χ0v) is 14.7. The van der Waals surface area contributed by atoms with Gasteiger partial charge in [-0.2, -0.15) is 0 Å². The number of anilines is 1. The Kier molecular flexibility index (Phi) is 6.60. The summed E-state index contributed by atoms with van der Waals surface area (Å²) in [5.41, 5.74) is 2.08. The highest BCUT2D eigenvalue weighted by molar-refractivity contribution is 6.31. The lowest BCUT2D eigenvalue weighted by atomic mass is 10.2. The van der Waals surface area contributed by atoms with Crippen LogP contribution in [0, 0.1) is 12.8 Å². The lowest BCUT2D eigenvalue weighted by Gasteiger charge is -2.11. The Morgan fingerprint density at radius 1 is 1.00 bits per heavy atom. The van der Waals surface area contributed by atoms with Crippen molar-refractivity contribution in [2.75, 3.05) is 25.1 Å². The Labute approximate surface area is 143 Å². The Hall–Kier alpha value is -1.87. The van der Waals surface area contributed by atoms with Gasteiger partial charge in [-0.15, -0.1) is 0 Å². The normalized spacial score (nSPS) is 10.7. The van der Waals surface area contributed by atoms with Crippen molar-refractivity contribution in [3.05, 3.63) is 53.1 Å².